The Morgan fingerprint density at radius 2 is 1.90 bits per heavy atom. The number of carboxylic acids is 1. The number of carboxylic acid groups (broad SMARTS) is 1. The van der Waals surface area contributed by atoms with Crippen molar-refractivity contribution < 1.29 is 9.90 Å². The zero-order valence-electron chi connectivity index (χ0n) is 17.6. The van der Waals surface area contributed by atoms with Crippen molar-refractivity contribution in [2.45, 2.75) is 71.0 Å². The standard InChI is InChI=1S/C22H27N5O4/c1-13-10-16-17(11-14(13)12-23-15-7-8-15)25-20-19(24-16)21(30)27(22(31)26-20)9-5-3-2-4-6-18(28)29/h10-11,15,23H,2-9,12H2,1H3,(H,28,29)(H,25,26,31). The molecule has 0 atom stereocenters. The average molecular weight is 425 g/mol. The molecule has 164 valence electrons. The number of aromatic nitrogens is 4. The van der Waals surface area contributed by atoms with Gasteiger partial charge in [0.25, 0.3) is 5.56 Å². The third-order valence-corrected chi connectivity index (χ3v) is 5.72. The van der Waals surface area contributed by atoms with Gasteiger partial charge in [0.1, 0.15) is 0 Å². The monoisotopic (exact) mass is 425 g/mol. The SMILES string of the molecule is Cc1cc2nc3c(=O)n(CCCCCCC(=O)O)c(=O)[nH]c3nc2cc1CNC1CC1. The van der Waals surface area contributed by atoms with Crippen LogP contribution in [0.25, 0.3) is 22.2 Å². The molecule has 4 rings (SSSR count). The van der Waals surface area contributed by atoms with Crippen molar-refractivity contribution in [2.75, 3.05) is 0 Å². The molecule has 3 aromatic rings. The van der Waals surface area contributed by atoms with Gasteiger partial charge in [0.15, 0.2) is 11.2 Å². The minimum Gasteiger partial charge on any atom is -0.481 e. The Morgan fingerprint density at radius 1 is 1.16 bits per heavy atom. The maximum Gasteiger partial charge on any atom is 0.330 e. The second kappa shape index (κ2) is 8.97. The Hall–Kier alpha value is -3.07. The summed E-state index contributed by atoms with van der Waals surface area (Å²) in [7, 11) is 0. The number of hydrogen-bond donors (Lipinski definition) is 3. The molecule has 1 saturated carbocycles. The van der Waals surface area contributed by atoms with E-state index in [1.165, 1.54) is 12.8 Å². The molecule has 0 bridgehead atoms. The fraction of sp³-hybridized carbons (Fsp3) is 0.500. The molecule has 1 aromatic carbocycles. The van der Waals surface area contributed by atoms with Crippen molar-refractivity contribution in [3.05, 3.63) is 44.1 Å². The largest absolute Gasteiger partial charge is 0.481 e. The highest BCUT2D eigenvalue weighted by Crippen LogP contribution is 2.22. The fourth-order valence-corrected chi connectivity index (χ4v) is 3.71. The van der Waals surface area contributed by atoms with Gasteiger partial charge >= 0.3 is 11.7 Å². The molecule has 1 aliphatic carbocycles. The van der Waals surface area contributed by atoms with Gasteiger partial charge < -0.3 is 10.4 Å². The second-order valence-electron chi connectivity index (χ2n) is 8.29. The van der Waals surface area contributed by atoms with Gasteiger partial charge in [-0.1, -0.05) is 12.8 Å². The van der Waals surface area contributed by atoms with E-state index in [1.54, 1.807) is 0 Å². The lowest BCUT2D eigenvalue weighted by Gasteiger charge is -2.10. The van der Waals surface area contributed by atoms with Crippen molar-refractivity contribution in [3.8, 4) is 0 Å². The molecule has 1 aliphatic rings. The van der Waals surface area contributed by atoms with Crippen LogP contribution in [0.1, 0.15) is 56.1 Å². The molecule has 9 nitrogen and oxygen atoms in total. The molecule has 9 heteroatoms. The number of benzene rings is 1. The molecule has 0 amide bonds. The zero-order valence-corrected chi connectivity index (χ0v) is 17.6. The maximum atomic E-state index is 12.9. The molecule has 0 spiro atoms. The fourth-order valence-electron chi connectivity index (χ4n) is 3.71. The Balaban J connectivity index is 1.56. The van der Waals surface area contributed by atoms with Gasteiger partial charge in [0.2, 0.25) is 0 Å². The molecular formula is C22H27N5O4. The number of carbonyl (C=O) groups is 1. The van der Waals surface area contributed by atoms with Crippen LogP contribution in [-0.4, -0.2) is 36.6 Å². The van der Waals surface area contributed by atoms with E-state index in [0.717, 1.165) is 35.1 Å². The molecule has 0 unspecified atom stereocenters. The Bertz CT molecular complexity index is 1240. The third-order valence-electron chi connectivity index (χ3n) is 5.72. The highest BCUT2D eigenvalue weighted by atomic mass is 16.4. The molecule has 2 aromatic heterocycles. The van der Waals surface area contributed by atoms with E-state index < -0.39 is 17.2 Å². The van der Waals surface area contributed by atoms with Gasteiger partial charge in [0, 0.05) is 25.6 Å². The van der Waals surface area contributed by atoms with Crippen LogP contribution in [0, 0.1) is 6.92 Å². The van der Waals surface area contributed by atoms with Gasteiger partial charge in [-0.25, -0.2) is 14.8 Å². The van der Waals surface area contributed by atoms with Crippen LogP contribution >= 0.6 is 0 Å². The summed E-state index contributed by atoms with van der Waals surface area (Å²) in [6, 6.07) is 4.50. The summed E-state index contributed by atoms with van der Waals surface area (Å²) in [4.78, 5) is 47.6. The Morgan fingerprint density at radius 3 is 2.65 bits per heavy atom. The summed E-state index contributed by atoms with van der Waals surface area (Å²) in [6.07, 6.45) is 5.27. The van der Waals surface area contributed by atoms with Crippen LogP contribution in [-0.2, 0) is 17.9 Å². The second-order valence-corrected chi connectivity index (χ2v) is 8.29. The van der Waals surface area contributed by atoms with E-state index in [0.29, 0.717) is 29.9 Å². The van der Waals surface area contributed by atoms with E-state index >= 15 is 0 Å². The minimum atomic E-state index is -0.811. The predicted octanol–water partition coefficient (Wildman–Crippen LogP) is 2.23. The number of unbranched alkanes of at least 4 members (excludes halogenated alkanes) is 3. The Labute approximate surface area is 178 Å². The van der Waals surface area contributed by atoms with E-state index in [-0.39, 0.29) is 24.1 Å². The first-order chi connectivity index (χ1) is 14.9. The number of rotatable bonds is 10. The summed E-state index contributed by atoms with van der Waals surface area (Å²) in [6.45, 7) is 3.04. The molecule has 3 N–H and O–H groups in total. The molecular weight excluding hydrogens is 398 g/mol. The normalized spacial score (nSPS) is 13.8. The number of aryl methyl sites for hydroxylation is 1. The summed E-state index contributed by atoms with van der Waals surface area (Å²) >= 11 is 0. The number of fused-ring (bicyclic) bond motifs is 2. The number of hydrogen-bond acceptors (Lipinski definition) is 6. The van der Waals surface area contributed by atoms with Gasteiger partial charge in [-0.2, -0.15) is 0 Å². The van der Waals surface area contributed by atoms with Gasteiger partial charge in [-0.05, 0) is 55.9 Å². The lowest BCUT2D eigenvalue weighted by Crippen LogP contribution is -2.35. The van der Waals surface area contributed by atoms with Crippen LogP contribution in [0.4, 0.5) is 0 Å². The van der Waals surface area contributed by atoms with Crippen molar-refractivity contribution in [2.24, 2.45) is 0 Å². The first kappa shape index (κ1) is 21.2. The lowest BCUT2D eigenvalue weighted by atomic mass is 10.1. The van der Waals surface area contributed by atoms with E-state index in [1.807, 2.05) is 19.1 Å². The van der Waals surface area contributed by atoms with Crippen LogP contribution in [0.15, 0.2) is 21.7 Å². The third kappa shape index (κ3) is 4.99. The topological polar surface area (TPSA) is 130 Å². The summed E-state index contributed by atoms with van der Waals surface area (Å²) in [5.74, 6) is -0.811. The number of aliphatic carboxylic acids is 1. The highest BCUT2D eigenvalue weighted by Gasteiger charge is 2.20. The summed E-state index contributed by atoms with van der Waals surface area (Å²) in [5.41, 5.74) is 2.90. The van der Waals surface area contributed by atoms with E-state index in [9.17, 15) is 14.4 Å². The summed E-state index contributed by atoms with van der Waals surface area (Å²) in [5, 5.41) is 12.2. The molecule has 0 saturated heterocycles. The van der Waals surface area contributed by atoms with E-state index in [4.69, 9.17) is 5.11 Å². The smallest absolute Gasteiger partial charge is 0.330 e. The molecule has 1 fully saturated rings. The highest BCUT2D eigenvalue weighted by molar-refractivity contribution is 5.84. The number of nitrogens with zero attached hydrogens (tertiary/aromatic N) is 3. The number of H-pyrrole nitrogens is 1. The van der Waals surface area contributed by atoms with Crippen molar-refractivity contribution >= 4 is 28.2 Å². The average Bonchev–Trinajstić information content (AvgIpc) is 3.54. The molecule has 31 heavy (non-hydrogen) atoms. The molecule has 0 radical (unpaired) electrons. The lowest BCUT2D eigenvalue weighted by molar-refractivity contribution is -0.137. The van der Waals surface area contributed by atoms with Crippen molar-refractivity contribution in [1.29, 1.82) is 0 Å². The van der Waals surface area contributed by atoms with Gasteiger partial charge in [-0.15, -0.1) is 0 Å². The van der Waals surface area contributed by atoms with Gasteiger partial charge in [-0.3, -0.25) is 19.1 Å². The first-order valence-corrected chi connectivity index (χ1v) is 10.8. The van der Waals surface area contributed by atoms with Crippen molar-refractivity contribution in [1.82, 2.24) is 24.8 Å². The quantitative estimate of drug-likeness (QED) is 0.335. The van der Waals surface area contributed by atoms with Crippen LogP contribution in [0.3, 0.4) is 0 Å². The van der Waals surface area contributed by atoms with Crippen LogP contribution in [0.2, 0.25) is 0 Å². The molecule has 2 heterocycles. The maximum absolute atomic E-state index is 12.9. The minimum absolute atomic E-state index is 0.136. The summed E-state index contributed by atoms with van der Waals surface area (Å²) < 4.78 is 1.15. The molecule has 0 aliphatic heterocycles. The predicted molar refractivity (Wildman–Crippen MR) is 117 cm³/mol. The van der Waals surface area contributed by atoms with Crippen LogP contribution in [0.5, 0.6) is 0 Å². The zero-order chi connectivity index (χ0) is 22.0. The van der Waals surface area contributed by atoms with Gasteiger partial charge in [0.05, 0.1) is 11.0 Å². The number of aromatic amines is 1. The Kier molecular flexibility index (Phi) is 6.13. The van der Waals surface area contributed by atoms with Crippen molar-refractivity contribution in [3.63, 3.8) is 0 Å². The van der Waals surface area contributed by atoms with E-state index in [2.05, 4.69) is 20.3 Å². The first-order valence-electron chi connectivity index (χ1n) is 10.8. The van der Waals surface area contributed by atoms with Crippen LogP contribution < -0.4 is 16.6 Å². The number of nitrogens with one attached hydrogen (secondary N) is 2.